The van der Waals surface area contributed by atoms with E-state index in [1.165, 1.54) is 0 Å². The topological polar surface area (TPSA) is 80.4 Å². The SMILES string of the molecule is COCCC(C)(O)CNc1cccnc1N. The molecule has 0 fully saturated rings. The van der Waals surface area contributed by atoms with Gasteiger partial charge in [-0.05, 0) is 19.1 Å². The van der Waals surface area contributed by atoms with Gasteiger partial charge in [-0.1, -0.05) is 0 Å². The number of pyridine rings is 1. The smallest absolute Gasteiger partial charge is 0.146 e. The van der Waals surface area contributed by atoms with Crippen molar-refractivity contribution >= 4 is 11.5 Å². The van der Waals surface area contributed by atoms with Crippen molar-refractivity contribution in [2.45, 2.75) is 18.9 Å². The minimum Gasteiger partial charge on any atom is -0.388 e. The third kappa shape index (κ3) is 4.04. The average Bonchev–Trinajstić information content (AvgIpc) is 2.26. The third-order valence-corrected chi connectivity index (χ3v) is 2.34. The Balaban J connectivity index is 2.47. The molecular weight excluding hydrogens is 206 g/mol. The van der Waals surface area contributed by atoms with Crippen LogP contribution in [0.4, 0.5) is 11.5 Å². The van der Waals surface area contributed by atoms with Crippen LogP contribution in [0.3, 0.4) is 0 Å². The van der Waals surface area contributed by atoms with Crippen molar-refractivity contribution in [2.24, 2.45) is 0 Å². The van der Waals surface area contributed by atoms with E-state index in [-0.39, 0.29) is 0 Å². The minimum absolute atomic E-state index is 0.409. The van der Waals surface area contributed by atoms with Crippen molar-refractivity contribution in [3.63, 3.8) is 0 Å². The quantitative estimate of drug-likeness (QED) is 0.669. The zero-order valence-corrected chi connectivity index (χ0v) is 9.73. The van der Waals surface area contributed by atoms with Gasteiger partial charge in [-0.25, -0.2) is 4.98 Å². The van der Waals surface area contributed by atoms with Gasteiger partial charge in [-0.3, -0.25) is 0 Å². The molecule has 0 saturated carbocycles. The summed E-state index contributed by atoms with van der Waals surface area (Å²) in [5, 5.41) is 13.1. The van der Waals surface area contributed by atoms with E-state index >= 15 is 0 Å². The van der Waals surface area contributed by atoms with Crippen molar-refractivity contribution in [3.05, 3.63) is 18.3 Å². The second-order valence-electron chi connectivity index (χ2n) is 4.03. The fourth-order valence-corrected chi connectivity index (χ4v) is 1.26. The number of nitrogen functional groups attached to an aromatic ring is 1. The molecule has 0 amide bonds. The van der Waals surface area contributed by atoms with Gasteiger partial charge in [0, 0.05) is 32.9 Å². The van der Waals surface area contributed by atoms with Gasteiger partial charge in [0.05, 0.1) is 11.3 Å². The van der Waals surface area contributed by atoms with Crippen molar-refractivity contribution in [3.8, 4) is 0 Å². The predicted octanol–water partition coefficient (Wildman–Crippen LogP) is 0.863. The van der Waals surface area contributed by atoms with Gasteiger partial charge in [-0.2, -0.15) is 0 Å². The van der Waals surface area contributed by atoms with Crippen LogP contribution in [-0.2, 0) is 4.74 Å². The molecule has 0 radical (unpaired) electrons. The Morgan fingerprint density at radius 3 is 3.00 bits per heavy atom. The largest absolute Gasteiger partial charge is 0.388 e. The molecule has 1 atom stereocenters. The molecular formula is C11H19N3O2. The number of ether oxygens (including phenoxy) is 1. The molecule has 1 aromatic rings. The number of methoxy groups -OCH3 is 1. The molecule has 0 aliphatic carbocycles. The predicted molar refractivity (Wildman–Crippen MR) is 64.3 cm³/mol. The highest BCUT2D eigenvalue weighted by Gasteiger charge is 2.19. The Hall–Kier alpha value is -1.33. The Morgan fingerprint density at radius 2 is 2.38 bits per heavy atom. The molecule has 4 N–H and O–H groups in total. The number of nitrogens with two attached hydrogens (primary N) is 1. The molecule has 5 heteroatoms. The zero-order chi connectivity index (χ0) is 12.0. The van der Waals surface area contributed by atoms with Crippen LogP contribution in [0.15, 0.2) is 18.3 Å². The fourth-order valence-electron chi connectivity index (χ4n) is 1.26. The molecule has 16 heavy (non-hydrogen) atoms. The van der Waals surface area contributed by atoms with Gasteiger partial charge < -0.3 is 20.9 Å². The van der Waals surface area contributed by atoms with E-state index in [4.69, 9.17) is 10.5 Å². The molecule has 0 aromatic carbocycles. The highest BCUT2D eigenvalue weighted by atomic mass is 16.5. The van der Waals surface area contributed by atoms with Crippen molar-refractivity contribution in [1.29, 1.82) is 0 Å². The lowest BCUT2D eigenvalue weighted by atomic mass is 10.0. The lowest BCUT2D eigenvalue weighted by molar-refractivity contribution is 0.0358. The van der Waals surface area contributed by atoms with Crippen molar-refractivity contribution in [1.82, 2.24) is 4.98 Å². The molecule has 5 nitrogen and oxygen atoms in total. The van der Waals surface area contributed by atoms with E-state index in [1.54, 1.807) is 26.3 Å². The Labute approximate surface area is 95.6 Å². The summed E-state index contributed by atoms with van der Waals surface area (Å²) >= 11 is 0. The minimum atomic E-state index is -0.821. The monoisotopic (exact) mass is 225 g/mol. The summed E-state index contributed by atoms with van der Waals surface area (Å²) < 4.78 is 4.93. The number of aliphatic hydroxyl groups is 1. The van der Waals surface area contributed by atoms with Gasteiger partial charge in [0.25, 0.3) is 0 Å². The van der Waals surface area contributed by atoms with Crippen LogP contribution < -0.4 is 11.1 Å². The van der Waals surface area contributed by atoms with Crippen LogP contribution >= 0.6 is 0 Å². The van der Waals surface area contributed by atoms with E-state index in [1.807, 2.05) is 6.07 Å². The summed E-state index contributed by atoms with van der Waals surface area (Å²) in [6.45, 7) is 2.69. The summed E-state index contributed by atoms with van der Waals surface area (Å²) in [7, 11) is 1.61. The number of hydrogen-bond acceptors (Lipinski definition) is 5. The lowest BCUT2D eigenvalue weighted by Gasteiger charge is -2.24. The summed E-state index contributed by atoms with van der Waals surface area (Å²) in [6, 6.07) is 3.62. The highest BCUT2D eigenvalue weighted by Crippen LogP contribution is 2.16. The number of nitrogens with zero attached hydrogens (tertiary/aromatic N) is 1. The first-order valence-corrected chi connectivity index (χ1v) is 5.21. The number of nitrogens with one attached hydrogen (secondary N) is 1. The maximum absolute atomic E-state index is 9.99. The van der Waals surface area contributed by atoms with E-state index < -0.39 is 5.60 Å². The number of anilines is 2. The number of rotatable bonds is 6. The molecule has 1 heterocycles. The molecule has 0 aliphatic heterocycles. The van der Waals surface area contributed by atoms with Crippen molar-refractivity contribution < 1.29 is 9.84 Å². The summed E-state index contributed by atoms with van der Waals surface area (Å²) in [4.78, 5) is 3.95. The van der Waals surface area contributed by atoms with Crippen LogP contribution in [0.1, 0.15) is 13.3 Å². The maximum Gasteiger partial charge on any atom is 0.146 e. The van der Waals surface area contributed by atoms with Crippen molar-refractivity contribution in [2.75, 3.05) is 31.3 Å². The molecule has 1 unspecified atom stereocenters. The first-order valence-electron chi connectivity index (χ1n) is 5.21. The number of hydrogen-bond donors (Lipinski definition) is 3. The third-order valence-electron chi connectivity index (χ3n) is 2.34. The van der Waals surface area contributed by atoms with Crippen LogP contribution in [0.25, 0.3) is 0 Å². The van der Waals surface area contributed by atoms with Gasteiger partial charge in [0.1, 0.15) is 5.82 Å². The molecule has 0 spiro atoms. The highest BCUT2D eigenvalue weighted by molar-refractivity contribution is 5.60. The average molecular weight is 225 g/mol. The normalized spacial score (nSPS) is 14.4. The van der Waals surface area contributed by atoms with E-state index in [2.05, 4.69) is 10.3 Å². The van der Waals surface area contributed by atoms with Gasteiger partial charge in [0.15, 0.2) is 0 Å². The van der Waals surface area contributed by atoms with E-state index in [0.29, 0.717) is 25.4 Å². The van der Waals surface area contributed by atoms with E-state index in [0.717, 1.165) is 5.69 Å². The fraction of sp³-hybridized carbons (Fsp3) is 0.545. The maximum atomic E-state index is 9.99. The molecule has 1 aromatic heterocycles. The van der Waals surface area contributed by atoms with Gasteiger partial charge >= 0.3 is 0 Å². The summed E-state index contributed by atoms with van der Waals surface area (Å²) in [5.41, 5.74) is 5.59. The van der Waals surface area contributed by atoms with Crippen LogP contribution in [-0.4, -0.2) is 36.0 Å². The first-order chi connectivity index (χ1) is 7.55. The zero-order valence-electron chi connectivity index (χ0n) is 9.73. The Morgan fingerprint density at radius 1 is 1.62 bits per heavy atom. The van der Waals surface area contributed by atoms with Crippen LogP contribution in [0.2, 0.25) is 0 Å². The Bertz CT molecular complexity index is 329. The summed E-state index contributed by atoms with van der Waals surface area (Å²) in [5.74, 6) is 0.435. The molecule has 0 aliphatic rings. The molecule has 90 valence electrons. The van der Waals surface area contributed by atoms with E-state index in [9.17, 15) is 5.11 Å². The second-order valence-corrected chi connectivity index (χ2v) is 4.03. The molecule has 0 bridgehead atoms. The Kier molecular flexibility index (Phi) is 4.52. The molecule has 0 saturated heterocycles. The first kappa shape index (κ1) is 12.7. The lowest BCUT2D eigenvalue weighted by Crippen LogP contribution is -2.34. The van der Waals surface area contributed by atoms with Gasteiger partial charge in [-0.15, -0.1) is 0 Å². The number of aromatic nitrogens is 1. The van der Waals surface area contributed by atoms with Crippen LogP contribution in [0.5, 0.6) is 0 Å². The standard InChI is InChI=1S/C11H19N3O2/c1-11(15,5-7-16-2)8-14-9-4-3-6-13-10(9)12/h3-4,6,14-15H,5,7-8H2,1-2H3,(H2,12,13). The van der Waals surface area contributed by atoms with Gasteiger partial charge in [0.2, 0.25) is 0 Å². The molecule has 1 rings (SSSR count). The second kappa shape index (κ2) is 5.67. The summed E-state index contributed by atoms with van der Waals surface area (Å²) in [6.07, 6.45) is 2.19. The van der Waals surface area contributed by atoms with Crippen LogP contribution in [0, 0.1) is 0 Å².